The fraction of sp³-hybridized carbons (Fsp3) is 0.0400. The van der Waals surface area contributed by atoms with Gasteiger partial charge in [0.15, 0.2) is 5.69 Å². The molecule has 0 atom stereocenters. The van der Waals surface area contributed by atoms with Gasteiger partial charge in [0.2, 0.25) is 0 Å². The first-order valence-corrected chi connectivity index (χ1v) is 9.81. The molecule has 158 valence electrons. The average Bonchev–Trinajstić information content (AvgIpc) is 3.25. The molecule has 5 aromatic rings. The van der Waals surface area contributed by atoms with Gasteiger partial charge in [0, 0.05) is 5.56 Å². The number of fused-ring (bicyclic) bond motifs is 3. The molecular formula is C25H16F3N3O. The summed E-state index contributed by atoms with van der Waals surface area (Å²) in [7, 11) is 0. The summed E-state index contributed by atoms with van der Waals surface area (Å²) in [6, 6.07) is 25.2. The number of nitrogens with zero attached hydrogens (tertiary/aromatic N) is 3. The van der Waals surface area contributed by atoms with Crippen molar-refractivity contribution in [1.29, 1.82) is 0 Å². The second-order valence-electron chi connectivity index (χ2n) is 7.38. The highest BCUT2D eigenvalue weighted by atomic mass is 19.4. The molecule has 0 fully saturated rings. The Balaban J connectivity index is 1.68. The van der Waals surface area contributed by atoms with Crippen molar-refractivity contribution in [1.82, 2.24) is 9.78 Å². The molecule has 4 nitrogen and oxygen atoms in total. The van der Waals surface area contributed by atoms with E-state index in [1.165, 1.54) is 10.9 Å². The highest BCUT2D eigenvalue weighted by Crippen LogP contribution is 2.35. The Bertz CT molecular complexity index is 1470. The number of hydrogen-bond donors (Lipinski definition) is 1. The van der Waals surface area contributed by atoms with Gasteiger partial charge in [0.05, 0.1) is 17.6 Å². The lowest BCUT2D eigenvalue weighted by molar-refractivity contribution is -0.141. The zero-order valence-electron chi connectivity index (χ0n) is 16.6. The lowest BCUT2D eigenvalue weighted by Crippen LogP contribution is -2.07. The van der Waals surface area contributed by atoms with Gasteiger partial charge in [-0.1, -0.05) is 65.8 Å². The standard InChI is InChI=1S/C25H16F3N3O/c26-25(27,28)24-14-23(31(30-24)20-10-5-16(6-11-20)15-29-32)19-9-12-22-18(13-19)8-7-17-3-1-2-4-21(17)22/h1-15,32H. The number of rotatable bonds is 3. The second-order valence-corrected chi connectivity index (χ2v) is 7.38. The van der Waals surface area contributed by atoms with E-state index < -0.39 is 11.9 Å². The van der Waals surface area contributed by atoms with E-state index in [4.69, 9.17) is 5.21 Å². The van der Waals surface area contributed by atoms with Crippen LogP contribution in [0.4, 0.5) is 13.2 Å². The second kappa shape index (κ2) is 7.53. The first-order chi connectivity index (χ1) is 15.4. The van der Waals surface area contributed by atoms with Gasteiger partial charge in [0.25, 0.3) is 0 Å². The molecule has 5 rings (SSSR count). The summed E-state index contributed by atoms with van der Waals surface area (Å²) >= 11 is 0. The highest BCUT2D eigenvalue weighted by molar-refractivity contribution is 6.08. The number of hydrogen-bond acceptors (Lipinski definition) is 3. The Morgan fingerprint density at radius 3 is 2.28 bits per heavy atom. The lowest BCUT2D eigenvalue weighted by Gasteiger charge is -2.10. The molecule has 0 aliphatic heterocycles. The van der Waals surface area contributed by atoms with Crippen LogP contribution in [0.15, 0.2) is 90.1 Å². The molecule has 0 aliphatic carbocycles. The van der Waals surface area contributed by atoms with Crippen LogP contribution in [-0.2, 0) is 6.18 Å². The average molecular weight is 431 g/mol. The summed E-state index contributed by atoms with van der Waals surface area (Å²) in [4.78, 5) is 0. The van der Waals surface area contributed by atoms with Gasteiger partial charge in [-0.15, -0.1) is 0 Å². The van der Waals surface area contributed by atoms with Gasteiger partial charge >= 0.3 is 6.18 Å². The monoisotopic (exact) mass is 431 g/mol. The van der Waals surface area contributed by atoms with Gasteiger partial charge < -0.3 is 5.21 Å². The van der Waals surface area contributed by atoms with Crippen LogP contribution in [0.1, 0.15) is 11.3 Å². The number of alkyl halides is 3. The third kappa shape index (κ3) is 3.47. The van der Waals surface area contributed by atoms with Crippen molar-refractivity contribution in [3.8, 4) is 16.9 Å². The van der Waals surface area contributed by atoms with Gasteiger partial charge in [-0.05, 0) is 51.4 Å². The van der Waals surface area contributed by atoms with E-state index in [1.54, 1.807) is 24.3 Å². The molecule has 0 amide bonds. The Hall–Kier alpha value is -4.13. The third-order valence-corrected chi connectivity index (χ3v) is 5.39. The SMILES string of the molecule is ON=Cc1ccc(-n2nc(C(F)(F)F)cc2-c2ccc3c(ccc4ccccc43)c2)cc1. The molecule has 0 spiro atoms. The fourth-order valence-electron chi connectivity index (χ4n) is 3.86. The molecule has 0 bridgehead atoms. The van der Waals surface area contributed by atoms with Crippen LogP contribution in [0.5, 0.6) is 0 Å². The van der Waals surface area contributed by atoms with E-state index in [2.05, 4.69) is 10.3 Å². The number of halogens is 3. The maximum Gasteiger partial charge on any atom is 0.435 e. The van der Waals surface area contributed by atoms with Crippen molar-refractivity contribution in [3.63, 3.8) is 0 Å². The molecule has 32 heavy (non-hydrogen) atoms. The number of benzene rings is 4. The Morgan fingerprint density at radius 2 is 1.53 bits per heavy atom. The number of oxime groups is 1. The molecule has 0 radical (unpaired) electrons. The first kappa shape index (κ1) is 19.8. The molecule has 0 saturated heterocycles. The zero-order chi connectivity index (χ0) is 22.3. The summed E-state index contributed by atoms with van der Waals surface area (Å²) in [6.07, 6.45) is -3.33. The van der Waals surface area contributed by atoms with Gasteiger partial charge in [-0.3, -0.25) is 0 Å². The van der Waals surface area contributed by atoms with Crippen LogP contribution in [0.3, 0.4) is 0 Å². The molecule has 4 aromatic carbocycles. The maximum absolute atomic E-state index is 13.5. The first-order valence-electron chi connectivity index (χ1n) is 9.81. The van der Waals surface area contributed by atoms with Crippen LogP contribution in [0.25, 0.3) is 38.5 Å². The molecule has 1 heterocycles. The van der Waals surface area contributed by atoms with Crippen LogP contribution < -0.4 is 0 Å². The van der Waals surface area contributed by atoms with E-state index >= 15 is 0 Å². The van der Waals surface area contributed by atoms with Gasteiger partial charge in [0.1, 0.15) is 0 Å². The summed E-state index contributed by atoms with van der Waals surface area (Å²) in [5.74, 6) is 0. The fourth-order valence-corrected chi connectivity index (χ4v) is 3.86. The Labute approximate surface area is 180 Å². The third-order valence-electron chi connectivity index (χ3n) is 5.39. The van der Waals surface area contributed by atoms with Crippen molar-refractivity contribution in [2.75, 3.05) is 0 Å². The Kier molecular flexibility index (Phi) is 4.66. The minimum atomic E-state index is -4.57. The lowest BCUT2D eigenvalue weighted by atomic mass is 9.99. The van der Waals surface area contributed by atoms with Crippen molar-refractivity contribution in [3.05, 3.63) is 96.2 Å². The summed E-state index contributed by atoms with van der Waals surface area (Å²) in [6.45, 7) is 0. The van der Waals surface area contributed by atoms with E-state index in [-0.39, 0.29) is 0 Å². The van der Waals surface area contributed by atoms with Crippen molar-refractivity contribution < 1.29 is 18.4 Å². The van der Waals surface area contributed by atoms with Crippen LogP contribution in [0.2, 0.25) is 0 Å². The maximum atomic E-state index is 13.5. The van der Waals surface area contributed by atoms with E-state index in [9.17, 15) is 13.2 Å². The van der Waals surface area contributed by atoms with Crippen LogP contribution >= 0.6 is 0 Å². The predicted molar refractivity (Wildman–Crippen MR) is 118 cm³/mol. The largest absolute Gasteiger partial charge is 0.435 e. The molecule has 0 aliphatic rings. The minimum Gasteiger partial charge on any atom is -0.411 e. The predicted octanol–water partition coefficient (Wildman–Crippen LogP) is 6.67. The van der Waals surface area contributed by atoms with E-state index in [1.807, 2.05) is 54.6 Å². The van der Waals surface area contributed by atoms with Crippen molar-refractivity contribution in [2.24, 2.45) is 5.16 Å². The van der Waals surface area contributed by atoms with E-state index in [0.29, 0.717) is 22.5 Å². The molecule has 0 saturated carbocycles. The van der Waals surface area contributed by atoms with Crippen molar-refractivity contribution >= 4 is 27.8 Å². The molecule has 1 aromatic heterocycles. The highest BCUT2D eigenvalue weighted by Gasteiger charge is 2.35. The quantitative estimate of drug-likeness (QED) is 0.150. The normalized spacial score (nSPS) is 12.2. The topological polar surface area (TPSA) is 50.4 Å². The molecule has 0 unspecified atom stereocenters. The van der Waals surface area contributed by atoms with Crippen LogP contribution in [0, 0.1) is 0 Å². The smallest absolute Gasteiger partial charge is 0.411 e. The van der Waals surface area contributed by atoms with Crippen molar-refractivity contribution in [2.45, 2.75) is 6.18 Å². The zero-order valence-corrected chi connectivity index (χ0v) is 16.6. The molecular weight excluding hydrogens is 415 g/mol. The number of aromatic nitrogens is 2. The van der Waals surface area contributed by atoms with Gasteiger partial charge in [-0.2, -0.15) is 18.3 Å². The Morgan fingerprint density at radius 1 is 0.812 bits per heavy atom. The van der Waals surface area contributed by atoms with E-state index in [0.717, 1.165) is 27.6 Å². The summed E-state index contributed by atoms with van der Waals surface area (Å²) < 4.78 is 41.7. The van der Waals surface area contributed by atoms with Gasteiger partial charge in [-0.25, -0.2) is 4.68 Å². The molecule has 7 heteroatoms. The molecule has 1 N–H and O–H groups in total. The summed E-state index contributed by atoms with van der Waals surface area (Å²) in [5, 5.41) is 19.6. The minimum absolute atomic E-state index is 0.330. The summed E-state index contributed by atoms with van der Waals surface area (Å²) in [5.41, 5.74) is 1.06. The van der Waals surface area contributed by atoms with Crippen LogP contribution in [-0.4, -0.2) is 21.2 Å².